The lowest BCUT2D eigenvalue weighted by Crippen LogP contribution is -2.52. The van der Waals surface area contributed by atoms with Gasteiger partial charge in [-0.3, -0.25) is 9.69 Å². The second kappa shape index (κ2) is 7.59. The van der Waals surface area contributed by atoms with Crippen molar-refractivity contribution in [1.82, 2.24) is 20.1 Å². The van der Waals surface area contributed by atoms with Gasteiger partial charge in [0.05, 0.1) is 6.67 Å². The van der Waals surface area contributed by atoms with Crippen molar-refractivity contribution in [2.75, 3.05) is 37.7 Å². The minimum absolute atomic E-state index is 0.168. The molecule has 1 aromatic carbocycles. The molecule has 0 unspecified atom stereocenters. The van der Waals surface area contributed by atoms with Crippen molar-refractivity contribution in [1.29, 1.82) is 0 Å². The molecule has 7 heteroatoms. The van der Waals surface area contributed by atoms with E-state index in [1.54, 1.807) is 6.20 Å². The number of amides is 3. The number of imide groups is 1. The molecule has 3 amide bonds. The van der Waals surface area contributed by atoms with Crippen LogP contribution in [0.2, 0.25) is 0 Å². The average molecular weight is 379 g/mol. The molecule has 0 saturated carbocycles. The van der Waals surface area contributed by atoms with Gasteiger partial charge < -0.3 is 10.2 Å². The van der Waals surface area contributed by atoms with E-state index in [9.17, 15) is 9.59 Å². The summed E-state index contributed by atoms with van der Waals surface area (Å²) < 4.78 is 0. The number of anilines is 1. The first-order valence-electron chi connectivity index (χ1n) is 9.72. The van der Waals surface area contributed by atoms with Crippen LogP contribution in [-0.2, 0) is 10.3 Å². The van der Waals surface area contributed by atoms with Crippen molar-refractivity contribution < 1.29 is 9.59 Å². The van der Waals surface area contributed by atoms with E-state index in [0.717, 1.165) is 37.6 Å². The van der Waals surface area contributed by atoms with E-state index in [4.69, 9.17) is 0 Å². The number of nitrogens with one attached hydrogen (secondary N) is 1. The smallest absolute Gasteiger partial charge is 0.326 e. The van der Waals surface area contributed by atoms with Crippen molar-refractivity contribution in [2.45, 2.75) is 18.9 Å². The molecule has 2 aromatic rings. The summed E-state index contributed by atoms with van der Waals surface area (Å²) >= 11 is 0. The van der Waals surface area contributed by atoms with Crippen LogP contribution >= 0.6 is 0 Å². The lowest BCUT2D eigenvalue weighted by molar-refractivity contribution is -0.133. The highest BCUT2D eigenvalue weighted by atomic mass is 16.2. The molecule has 0 aliphatic carbocycles. The van der Waals surface area contributed by atoms with Gasteiger partial charge in [-0.1, -0.05) is 43.3 Å². The van der Waals surface area contributed by atoms with Crippen LogP contribution in [-0.4, -0.2) is 59.6 Å². The van der Waals surface area contributed by atoms with Gasteiger partial charge in [0.15, 0.2) is 0 Å². The number of carbonyl (C=O) groups excluding carboxylic acids is 2. The molecular weight excluding hydrogens is 354 g/mol. The number of pyridine rings is 1. The number of aromatic nitrogens is 1. The maximum Gasteiger partial charge on any atom is 0.326 e. The predicted octanol–water partition coefficient (Wildman–Crippen LogP) is 2.02. The summed E-state index contributed by atoms with van der Waals surface area (Å²) in [7, 11) is 0. The van der Waals surface area contributed by atoms with Crippen LogP contribution in [0, 0.1) is 0 Å². The normalized spacial score (nSPS) is 23.2. The number of urea groups is 1. The molecule has 4 rings (SSSR count). The van der Waals surface area contributed by atoms with Gasteiger partial charge in [-0.2, -0.15) is 0 Å². The average Bonchev–Trinajstić information content (AvgIpc) is 3.00. The Bertz CT molecular complexity index is 836. The van der Waals surface area contributed by atoms with E-state index in [0.29, 0.717) is 13.1 Å². The first kappa shape index (κ1) is 18.4. The molecule has 2 aliphatic heterocycles. The Kier molecular flexibility index (Phi) is 5.00. The predicted molar refractivity (Wildman–Crippen MR) is 107 cm³/mol. The Balaban J connectivity index is 1.43. The van der Waals surface area contributed by atoms with E-state index in [1.807, 2.05) is 55.5 Å². The third kappa shape index (κ3) is 3.22. The number of piperazine rings is 1. The fourth-order valence-electron chi connectivity index (χ4n) is 3.98. The van der Waals surface area contributed by atoms with Crippen LogP contribution in [0.25, 0.3) is 0 Å². The zero-order valence-corrected chi connectivity index (χ0v) is 16.0. The lowest BCUT2D eigenvalue weighted by Gasteiger charge is -2.36. The molecule has 2 saturated heterocycles. The third-order valence-electron chi connectivity index (χ3n) is 5.66. The van der Waals surface area contributed by atoms with E-state index in [2.05, 4.69) is 20.1 Å². The summed E-state index contributed by atoms with van der Waals surface area (Å²) in [5, 5.41) is 2.95. The fraction of sp³-hybridized carbons (Fsp3) is 0.381. The molecule has 0 radical (unpaired) electrons. The highest BCUT2D eigenvalue weighted by Crippen LogP contribution is 2.32. The van der Waals surface area contributed by atoms with Crippen LogP contribution < -0.4 is 10.2 Å². The van der Waals surface area contributed by atoms with Crippen molar-refractivity contribution in [3.05, 3.63) is 60.3 Å². The Morgan fingerprint density at radius 1 is 1.00 bits per heavy atom. The highest BCUT2D eigenvalue weighted by Gasteiger charge is 2.51. The Labute approximate surface area is 164 Å². The summed E-state index contributed by atoms with van der Waals surface area (Å²) in [5.41, 5.74) is -0.132. The first-order valence-corrected chi connectivity index (χ1v) is 9.72. The summed E-state index contributed by atoms with van der Waals surface area (Å²) in [6, 6.07) is 15.1. The molecular formula is C21H25N5O2. The summed E-state index contributed by atoms with van der Waals surface area (Å²) in [6.45, 7) is 5.43. The monoisotopic (exact) mass is 379 g/mol. The van der Waals surface area contributed by atoms with Crippen molar-refractivity contribution >= 4 is 17.8 Å². The second-order valence-corrected chi connectivity index (χ2v) is 7.22. The Hall–Kier alpha value is -2.93. The maximum atomic E-state index is 13.2. The fourth-order valence-corrected chi connectivity index (χ4v) is 3.98. The number of hydrogen-bond acceptors (Lipinski definition) is 5. The van der Waals surface area contributed by atoms with Gasteiger partial charge in [0, 0.05) is 32.4 Å². The van der Waals surface area contributed by atoms with Crippen molar-refractivity contribution in [3.8, 4) is 0 Å². The summed E-state index contributed by atoms with van der Waals surface area (Å²) in [5.74, 6) is 0.796. The van der Waals surface area contributed by atoms with Gasteiger partial charge in [0.25, 0.3) is 5.91 Å². The maximum absolute atomic E-state index is 13.2. The van der Waals surface area contributed by atoms with Gasteiger partial charge in [-0.05, 0) is 24.1 Å². The number of benzene rings is 1. The quantitative estimate of drug-likeness (QED) is 0.805. The van der Waals surface area contributed by atoms with Crippen molar-refractivity contribution in [2.24, 2.45) is 0 Å². The van der Waals surface area contributed by atoms with Crippen molar-refractivity contribution in [3.63, 3.8) is 0 Å². The number of rotatable bonds is 5. The van der Waals surface area contributed by atoms with E-state index >= 15 is 0 Å². The SMILES string of the molecule is CC[C@@]1(c2ccccc2)NC(=O)N(CN2CCN(c3ccccn3)CC2)C1=O. The van der Waals surface area contributed by atoms with Crippen LogP contribution in [0.4, 0.5) is 10.6 Å². The van der Waals surface area contributed by atoms with E-state index in [-0.39, 0.29) is 11.9 Å². The van der Waals surface area contributed by atoms with Gasteiger partial charge in [0.1, 0.15) is 11.4 Å². The van der Waals surface area contributed by atoms with Crippen LogP contribution in [0.5, 0.6) is 0 Å². The first-order chi connectivity index (χ1) is 13.6. The second-order valence-electron chi connectivity index (χ2n) is 7.22. The molecule has 2 aliphatic rings. The summed E-state index contributed by atoms with van der Waals surface area (Å²) in [6.07, 6.45) is 2.31. The zero-order chi connectivity index (χ0) is 19.6. The van der Waals surface area contributed by atoms with Gasteiger partial charge in [-0.25, -0.2) is 14.7 Å². The minimum Gasteiger partial charge on any atom is -0.354 e. The Morgan fingerprint density at radius 2 is 1.71 bits per heavy atom. The molecule has 3 heterocycles. The molecule has 28 heavy (non-hydrogen) atoms. The molecule has 1 atom stereocenters. The molecule has 7 nitrogen and oxygen atoms in total. The van der Waals surface area contributed by atoms with Gasteiger partial charge in [0.2, 0.25) is 0 Å². The van der Waals surface area contributed by atoms with Gasteiger partial charge >= 0.3 is 6.03 Å². The molecule has 0 spiro atoms. The van der Waals surface area contributed by atoms with E-state index < -0.39 is 5.54 Å². The largest absolute Gasteiger partial charge is 0.354 e. The number of nitrogens with zero attached hydrogens (tertiary/aromatic N) is 4. The molecule has 2 fully saturated rings. The zero-order valence-electron chi connectivity index (χ0n) is 16.0. The molecule has 0 bridgehead atoms. The van der Waals surface area contributed by atoms with Crippen LogP contribution in [0.3, 0.4) is 0 Å². The van der Waals surface area contributed by atoms with Gasteiger partial charge in [-0.15, -0.1) is 0 Å². The molecule has 1 N–H and O–H groups in total. The highest BCUT2D eigenvalue weighted by molar-refractivity contribution is 6.07. The molecule has 146 valence electrons. The minimum atomic E-state index is -0.964. The number of carbonyl (C=O) groups is 2. The number of hydrogen-bond donors (Lipinski definition) is 1. The Morgan fingerprint density at radius 3 is 2.36 bits per heavy atom. The standard InChI is InChI=1S/C21H25N5O2/c1-2-21(17-8-4-3-5-9-17)19(27)26(20(28)23-21)16-24-12-14-25(15-13-24)18-10-6-7-11-22-18/h3-11H,2,12-16H2,1H3,(H,23,28)/t21-/m0/s1. The van der Waals surface area contributed by atoms with Crippen LogP contribution in [0.15, 0.2) is 54.7 Å². The topological polar surface area (TPSA) is 68.8 Å². The molecule has 1 aromatic heterocycles. The lowest BCUT2D eigenvalue weighted by atomic mass is 9.87. The summed E-state index contributed by atoms with van der Waals surface area (Å²) in [4.78, 5) is 36.0. The van der Waals surface area contributed by atoms with Crippen LogP contribution in [0.1, 0.15) is 18.9 Å². The third-order valence-corrected chi connectivity index (χ3v) is 5.66. The van der Waals surface area contributed by atoms with E-state index in [1.165, 1.54) is 4.90 Å².